The van der Waals surface area contributed by atoms with E-state index >= 15 is 0 Å². The summed E-state index contributed by atoms with van der Waals surface area (Å²) in [6.07, 6.45) is -2.36. The summed E-state index contributed by atoms with van der Waals surface area (Å²) in [4.78, 5) is 26.8. The van der Waals surface area contributed by atoms with Crippen molar-refractivity contribution in [3.8, 4) is 6.07 Å². The number of halogens is 3. The number of amides is 3. The highest BCUT2D eigenvalue weighted by Gasteiger charge is 2.37. The van der Waals surface area contributed by atoms with Crippen LogP contribution in [0.15, 0.2) is 48.7 Å². The van der Waals surface area contributed by atoms with Gasteiger partial charge >= 0.3 is 12.2 Å². The summed E-state index contributed by atoms with van der Waals surface area (Å²) in [6.45, 7) is 7.06. The number of anilines is 1. The fourth-order valence-electron chi connectivity index (χ4n) is 2.83. The molecule has 0 aromatic heterocycles. The first-order valence-electron chi connectivity index (χ1n) is 9.04. The van der Waals surface area contributed by atoms with Gasteiger partial charge in [-0.3, -0.25) is 15.1 Å². The van der Waals surface area contributed by atoms with Crippen LogP contribution in [0.2, 0.25) is 0 Å². The average molecular weight is 434 g/mol. The van der Waals surface area contributed by atoms with Crippen molar-refractivity contribution in [1.82, 2.24) is 15.5 Å². The van der Waals surface area contributed by atoms with Gasteiger partial charge in [0.1, 0.15) is 11.6 Å². The van der Waals surface area contributed by atoms with Gasteiger partial charge in [0.25, 0.3) is 5.91 Å². The molecule has 0 spiro atoms. The molecule has 0 saturated carbocycles. The molecule has 1 heterocycles. The quantitative estimate of drug-likeness (QED) is 0.217. The van der Waals surface area contributed by atoms with Crippen molar-refractivity contribution < 1.29 is 22.8 Å². The predicted molar refractivity (Wildman–Crippen MR) is 108 cm³/mol. The first-order chi connectivity index (χ1) is 14.4. The number of nitrogens with zero attached hydrogens (tertiary/aromatic N) is 3. The molecular formula is C20H21F3N6O2. The van der Waals surface area contributed by atoms with Crippen LogP contribution in [0.3, 0.4) is 0 Å². The van der Waals surface area contributed by atoms with E-state index in [2.05, 4.69) is 17.2 Å². The van der Waals surface area contributed by atoms with Gasteiger partial charge in [-0.05, 0) is 32.0 Å². The van der Waals surface area contributed by atoms with Gasteiger partial charge < -0.3 is 15.5 Å². The van der Waals surface area contributed by atoms with E-state index in [1.165, 1.54) is 12.1 Å². The molecule has 3 N–H and O–H groups in total. The average Bonchev–Trinajstić information content (AvgIpc) is 2.98. The minimum atomic E-state index is -4.60. The van der Waals surface area contributed by atoms with Crippen LogP contribution in [0, 0.1) is 16.7 Å². The second-order valence-corrected chi connectivity index (χ2v) is 7.32. The van der Waals surface area contributed by atoms with Crippen LogP contribution in [-0.2, 0) is 11.0 Å². The maximum Gasteiger partial charge on any atom is 0.416 e. The van der Waals surface area contributed by atoms with Gasteiger partial charge in [0.2, 0.25) is 5.96 Å². The molecule has 0 aliphatic carbocycles. The normalized spacial score (nSPS) is 15.7. The van der Waals surface area contributed by atoms with E-state index in [0.717, 1.165) is 34.2 Å². The Morgan fingerprint density at radius 3 is 2.68 bits per heavy atom. The molecule has 1 aromatic carbocycles. The van der Waals surface area contributed by atoms with Gasteiger partial charge in [-0.2, -0.15) is 18.4 Å². The molecule has 164 valence electrons. The Bertz CT molecular complexity index is 978. The molecule has 1 aliphatic heterocycles. The third kappa shape index (κ3) is 5.63. The van der Waals surface area contributed by atoms with Crippen LogP contribution in [0.25, 0.3) is 0 Å². The maximum atomic E-state index is 13.0. The van der Waals surface area contributed by atoms with E-state index in [1.54, 1.807) is 19.9 Å². The standard InChI is InChI=1S/C20H21F3N6O2/c1-4-8-28(15-7-5-6-14(9-15)20(21,22)23)16(30)13(10-24)11-26-17(25)29-12-19(2,3)27-18(29)31/h4-7,9,11H,1,8,12H2,2-3H3,(H2,25,26)(H,27,31). The van der Waals surface area contributed by atoms with Gasteiger partial charge in [0.15, 0.2) is 0 Å². The number of nitrogens with one attached hydrogen (secondary N) is 3. The van der Waals surface area contributed by atoms with E-state index in [9.17, 15) is 28.0 Å². The lowest BCUT2D eigenvalue weighted by atomic mass is 10.1. The Morgan fingerprint density at radius 2 is 2.16 bits per heavy atom. The van der Waals surface area contributed by atoms with Crippen LogP contribution >= 0.6 is 0 Å². The Kier molecular flexibility index (Phi) is 6.74. The number of hydrogen-bond acceptors (Lipinski definition) is 4. The molecule has 1 aliphatic rings. The molecule has 11 heteroatoms. The Hall–Kier alpha value is -3.81. The topological polar surface area (TPSA) is 112 Å². The zero-order valence-electron chi connectivity index (χ0n) is 16.9. The number of nitriles is 1. The van der Waals surface area contributed by atoms with E-state index in [-0.39, 0.29) is 24.7 Å². The Morgan fingerprint density at radius 1 is 1.48 bits per heavy atom. The lowest BCUT2D eigenvalue weighted by Gasteiger charge is -2.22. The monoisotopic (exact) mass is 434 g/mol. The lowest BCUT2D eigenvalue weighted by molar-refractivity contribution is -0.137. The molecular weight excluding hydrogens is 413 g/mol. The molecule has 31 heavy (non-hydrogen) atoms. The van der Waals surface area contributed by atoms with Crippen LogP contribution in [0.4, 0.5) is 23.7 Å². The van der Waals surface area contributed by atoms with Crippen molar-refractivity contribution in [1.29, 1.82) is 10.7 Å². The van der Waals surface area contributed by atoms with Crippen molar-refractivity contribution in [2.24, 2.45) is 0 Å². The second-order valence-electron chi connectivity index (χ2n) is 7.32. The number of benzene rings is 1. The van der Waals surface area contributed by atoms with Crippen molar-refractivity contribution in [3.05, 3.63) is 54.3 Å². The van der Waals surface area contributed by atoms with Gasteiger partial charge in [-0.1, -0.05) is 12.1 Å². The Labute approximate surface area is 177 Å². The highest BCUT2D eigenvalue weighted by atomic mass is 19.4. The fraction of sp³-hybridized carbons (Fsp3) is 0.300. The Balaban J connectivity index is 2.25. The maximum absolute atomic E-state index is 13.0. The summed E-state index contributed by atoms with van der Waals surface area (Å²) in [6, 6.07) is 5.27. The van der Waals surface area contributed by atoms with Crippen molar-refractivity contribution in [3.63, 3.8) is 0 Å². The van der Waals surface area contributed by atoms with Crippen molar-refractivity contribution in [2.45, 2.75) is 25.6 Å². The van der Waals surface area contributed by atoms with Crippen LogP contribution in [0.5, 0.6) is 0 Å². The minimum absolute atomic E-state index is 0.0726. The van der Waals surface area contributed by atoms with Crippen molar-refractivity contribution in [2.75, 3.05) is 18.0 Å². The summed E-state index contributed by atoms with van der Waals surface area (Å²) in [5.41, 5.74) is -2.05. The van der Waals surface area contributed by atoms with Gasteiger partial charge in [0, 0.05) is 18.4 Å². The molecule has 0 unspecified atom stereocenters. The fourth-order valence-corrected chi connectivity index (χ4v) is 2.83. The predicted octanol–water partition coefficient (Wildman–Crippen LogP) is 2.96. The van der Waals surface area contributed by atoms with E-state index in [4.69, 9.17) is 5.41 Å². The molecule has 2 rings (SSSR count). The van der Waals surface area contributed by atoms with Gasteiger partial charge in [-0.25, -0.2) is 4.79 Å². The first-order valence-corrected chi connectivity index (χ1v) is 9.04. The molecule has 1 saturated heterocycles. The number of guanidine groups is 1. The SMILES string of the molecule is C=CCN(C(=O)C(C#N)=CNC(=N)N1CC(C)(C)NC1=O)c1cccc(C(F)(F)F)c1. The first kappa shape index (κ1) is 23.5. The van der Waals surface area contributed by atoms with E-state index in [1.807, 2.05) is 0 Å². The van der Waals surface area contributed by atoms with Crippen LogP contribution in [-0.4, -0.2) is 41.4 Å². The second kappa shape index (κ2) is 8.91. The van der Waals surface area contributed by atoms with Crippen LogP contribution in [0.1, 0.15) is 19.4 Å². The van der Waals surface area contributed by atoms with E-state index in [0.29, 0.717) is 0 Å². The summed E-state index contributed by atoms with van der Waals surface area (Å²) in [5, 5.41) is 22.5. The number of rotatable bonds is 5. The highest BCUT2D eigenvalue weighted by molar-refractivity contribution is 6.09. The minimum Gasteiger partial charge on any atom is -0.331 e. The summed E-state index contributed by atoms with van der Waals surface area (Å²) in [5.74, 6) is -1.26. The molecule has 0 radical (unpaired) electrons. The molecule has 8 nitrogen and oxygen atoms in total. The smallest absolute Gasteiger partial charge is 0.331 e. The summed E-state index contributed by atoms with van der Waals surface area (Å²) < 4.78 is 39.1. The zero-order valence-corrected chi connectivity index (χ0v) is 16.9. The summed E-state index contributed by atoms with van der Waals surface area (Å²) >= 11 is 0. The summed E-state index contributed by atoms with van der Waals surface area (Å²) in [7, 11) is 0. The number of alkyl halides is 3. The zero-order chi connectivity index (χ0) is 23.4. The molecule has 3 amide bonds. The number of hydrogen-bond donors (Lipinski definition) is 3. The molecule has 1 aromatic rings. The molecule has 1 fully saturated rings. The lowest BCUT2D eigenvalue weighted by Crippen LogP contribution is -2.41. The number of carbonyl (C=O) groups excluding carboxylic acids is 2. The number of urea groups is 1. The van der Waals surface area contributed by atoms with Gasteiger partial charge in [-0.15, -0.1) is 6.58 Å². The largest absolute Gasteiger partial charge is 0.416 e. The van der Waals surface area contributed by atoms with Crippen LogP contribution < -0.4 is 15.5 Å². The third-order valence-corrected chi connectivity index (χ3v) is 4.26. The van der Waals surface area contributed by atoms with Gasteiger partial charge in [0.05, 0.1) is 17.6 Å². The molecule has 0 bridgehead atoms. The highest BCUT2D eigenvalue weighted by Crippen LogP contribution is 2.32. The van der Waals surface area contributed by atoms with Crippen molar-refractivity contribution >= 4 is 23.6 Å². The third-order valence-electron chi connectivity index (χ3n) is 4.26. The molecule has 0 atom stereocenters. The number of carbonyl (C=O) groups is 2. The van der Waals surface area contributed by atoms with E-state index < -0.39 is 34.8 Å².